The predicted octanol–water partition coefficient (Wildman–Crippen LogP) is 4.48. The number of rotatable bonds is 9. The van der Waals surface area contributed by atoms with Crippen LogP contribution < -0.4 is 4.72 Å². The van der Waals surface area contributed by atoms with Gasteiger partial charge in [0, 0.05) is 17.6 Å². The second-order valence-electron chi connectivity index (χ2n) is 6.41. The predicted molar refractivity (Wildman–Crippen MR) is 114 cm³/mol. The second-order valence-corrected chi connectivity index (χ2v) is 8.59. The molecule has 0 aliphatic rings. The highest BCUT2D eigenvalue weighted by molar-refractivity contribution is 7.89. The van der Waals surface area contributed by atoms with Crippen molar-refractivity contribution in [1.29, 1.82) is 0 Å². The molecule has 0 radical (unpaired) electrons. The highest BCUT2D eigenvalue weighted by atomic mass is 35.5. The van der Waals surface area contributed by atoms with Gasteiger partial charge in [-0.05, 0) is 29.3 Å². The first-order valence-corrected chi connectivity index (χ1v) is 10.9. The summed E-state index contributed by atoms with van der Waals surface area (Å²) in [7, 11) is -4.12. The Morgan fingerprint density at radius 2 is 1.60 bits per heavy atom. The molecule has 3 rings (SSSR count). The molecule has 0 amide bonds. The highest BCUT2D eigenvalue weighted by Gasteiger charge is 2.26. The van der Waals surface area contributed by atoms with Gasteiger partial charge in [0.1, 0.15) is 0 Å². The Hall–Kier alpha value is -2.78. The molecule has 7 nitrogen and oxygen atoms in total. The Balaban J connectivity index is 1.78. The van der Waals surface area contributed by atoms with Gasteiger partial charge in [-0.2, -0.15) is 0 Å². The van der Waals surface area contributed by atoms with Crippen molar-refractivity contribution in [1.82, 2.24) is 4.72 Å². The number of hydrogen-bond donors (Lipinski definition) is 1. The topological polar surface area (TPSA) is 98.5 Å². The first-order chi connectivity index (χ1) is 14.4. The lowest BCUT2D eigenvalue weighted by Crippen LogP contribution is -2.30. The summed E-state index contributed by atoms with van der Waals surface area (Å²) in [4.78, 5) is 10.1. The number of nitrogens with one attached hydrogen (secondary N) is 1. The lowest BCUT2D eigenvalue weighted by molar-refractivity contribution is -0.387. The molecule has 0 aliphatic heterocycles. The Morgan fingerprint density at radius 3 is 2.27 bits per heavy atom. The quantitative estimate of drug-likeness (QED) is 0.386. The molecule has 0 aliphatic carbocycles. The van der Waals surface area contributed by atoms with Gasteiger partial charge in [0.2, 0.25) is 10.0 Å². The molecule has 3 aromatic carbocycles. The normalized spacial score (nSPS) is 12.4. The first kappa shape index (κ1) is 21.9. The number of halogens is 1. The Kier molecular flexibility index (Phi) is 7.17. The largest absolute Gasteiger partial charge is 0.367 e. The molecule has 1 unspecified atom stereocenters. The number of ether oxygens (including phenoxy) is 1. The van der Waals surface area contributed by atoms with Crippen molar-refractivity contribution in [2.45, 2.75) is 17.6 Å². The van der Waals surface area contributed by atoms with E-state index in [1.165, 1.54) is 18.2 Å². The fourth-order valence-electron chi connectivity index (χ4n) is 2.82. The number of benzene rings is 3. The fourth-order valence-corrected chi connectivity index (χ4v) is 4.14. The van der Waals surface area contributed by atoms with Crippen LogP contribution in [0, 0.1) is 10.1 Å². The van der Waals surface area contributed by atoms with E-state index in [4.69, 9.17) is 16.3 Å². The molecule has 0 bridgehead atoms. The molecule has 0 heterocycles. The zero-order valence-corrected chi connectivity index (χ0v) is 17.3. The summed E-state index contributed by atoms with van der Waals surface area (Å²) in [6.45, 7) is 0.149. The Morgan fingerprint density at radius 1 is 0.967 bits per heavy atom. The van der Waals surface area contributed by atoms with Crippen LogP contribution in [0.4, 0.5) is 5.69 Å². The molecule has 0 saturated carbocycles. The van der Waals surface area contributed by atoms with Crippen LogP contribution in [0.1, 0.15) is 17.2 Å². The van der Waals surface area contributed by atoms with Gasteiger partial charge < -0.3 is 4.74 Å². The smallest absolute Gasteiger partial charge is 0.289 e. The van der Waals surface area contributed by atoms with Crippen molar-refractivity contribution in [3.05, 3.63) is 105 Å². The van der Waals surface area contributed by atoms with Crippen LogP contribution in [-0.4, -0.2) is 19.9 Å². The van der Waals surface area contributed by atoms with Crippen LogP contribution >= 0.6 is 11.6 Å². The van der Waals surface area contributed by atoms with Crippen LogP contribution in [0.15, 0.2) is 83.8 Å². The summed E-state index contributed by atoms with van der Waals surface area (Å²) in [5.74, 6) is 0. The molecule has 30 heavy (non-hydrogen) atoms. The average molecular weight is 447 g/mol. The van der Waals surface area contributed by atoms with Crippen molar-refractivity contribution in [3.8, 4) is 0 Å². The first-order valence-electron chi connectivity index (χ1n) is 9.01. The summed E-state index contributed by atoms with van der Waals surface area (Å²) in [5, 5.41) is 11.8. The molecule has 0 aromatic heterocycles. The van der Waals surface area contributed by atoms with Gasteiger partial charge in [-0.25, -0.2) is 13.1 Å². The maximum absolute atomic E-state index is 12.7. The summed E-state index contributed by atoms with van der Waals surface area (Å²) < 4.78 is 33.8. The van der Waals surface area contributed by atoms with E-state index >= 15 is 0 Å². The van der Waals surface area contributed by atoms with Crippen LogP contribution in [0.3, 0.4) is 0 Å². The zero-order valence-electron chi connectivity index (χ0n) is 15.8. The van der Waals surface area contributed by atoms with Crippen molar-refractivity contribution in [2.24, 2.45) is 0 Å². The monoisotopic (exact) mass is 446 g/mol. The lowest BCUT2D eigenvalue weighted by Gasteiger charge is -2.19. The molecule has 9 heteroatoms. The molecular formula is C21H19ClN2O5S. The van der Waals surface area contributed by atoms with Crippen LogP contribution in [0.2, 0.25) is 5.02 Å². The lowest BCUT2D eigenvalue weighted by atomic mass is 10.1. The van der Waals surface area contributed by atoms with Gasteiger partial charge in [-0.3, -0.25) is 10.1 Å². The third-order valence-corrected chi connectivity index (χ3v) is 6.07. The maximum Gasteiger partial charge on any atom is 0.289 e. The van der Waals surface area contributed by atoms with Gasteiger partial charge in [-0.1, -0.05) is 66.2 Å². The van der Waals surface area contributed by atoms with E-state index in [2.05, 4.69) is 4.72 Å². The second kappa shape index (κ2) is 9.82. The number of nitrogens with zero attached hydrogens (tertiary/aromatic N) is 1. The van der Waals surface area contributed by atoms with Gasteiger partial charge in [0.25, 0.3) is 5.69 Å². The van der Waals surface area contributed by atoms with Crippen molar-refractivity contribution in [2.75, 3.05) is 6.54 Å². The summed E-state index contributed by atoms with van der Waals surface area (Å²) in [6.07, 6.45) is -0.598. The third kappa shape index (κ3) is 5.64. The van der Waals surface area contributed by atoms with E-state index in [0.29, 0.717) is 5.02 Å². The van der Waals surface area contributed by atoms with E-state index in [0.717, 1.165) is 17.2 Å². The molecule has 156 valence electrons. The molecule has 1 atom stereocenters. The number of sulfonamides is 1. The maximum atomic E-state index is 12.7. The number of nitro benzene ring substituents is 1. The van der Waals surface area contributed by atoms with E-state index in [1.807, 2.05) is 42.5 Å². The highest BCUT2D eigenvalue weighted by Crippen LogP contribution is 2.24. The minimum atomic E-state index is -4.12. The Labute approximate surface area is 179 Å². The summed E-state index contributed by atoms with van der Waals surface area (Å²) >= 11 is 5.90. The van der Waals surface area contributed by atoms with Crippen LogP contribution in [0.5, 0.6) is 0 Å². The van der Waals surface area contributed by atoms with Crippen molar-refractivity contribution < 1.29 is 18.1 Å². The van der Waals surface area contributed by atoms with Gasteiger partial charge >= 0.3 is 0 Å². The fraction of sp³-hybridized carbons (Fsp3) is 0.143. The SMILES string of the molecule is O=[N+]([O-])c1ccccc1S(=O)(=O)NCC(OCc1ccc(Cl)cc1)c1ccccc1. The zero-order chi connectivity index (χ0) is 21.6. The summed E-state index contributed by atoms with van der Waals surface area (Å²) in [6, 6.07) is 21.5. The van der Waals surface area contributed by atoms with E-state index in [1.54, 1.807) is 12.1 Å². The minimum absolute atomic E-state index is 0.0913. The van der Waals surface area contributed by atoms with E-state index in [-0.39, 0.29) is 18.0 Å². The third-order valence-electron chi connectivity index (χ3n) is 4.35. The number of hydrogen-bond acceptors (Lipinski definition) is 5. The number of para-hydroxylation sites is 1. The van der Waals surface area contributed by atoms with Crippen molar-refractivity contribution >= 4 is 27.3 Å². The van der Waals surface area contributed by atoms with Gasteiger partial charge in [-0.15, -0.1) is 0 Å². The molecule has 3 aromatic rings. The van der Waals surface area contributed by atoms with Crippen molar-refractivity contribution in [3.63, 3.8) is 0 Å². The minimum Gasteiger partial charge on any atom is -0.367 e. The standard InChI is InChI=1S/C21H19ClN2O5S/c22-18-12-10-16(11-13-18)15-29-20(17-6-2-1-3-7-17)14-23-30(27,28)21-9-5-4-8-19(21)24(25)26/h1-13,20,23H,14-15H2. The van der Waals surface area contributed by atoms with Gasteiger partial charge in [0.15, 0.2) is 4.90 Å². The average Bonchev–Trinajstić information content (AvgIpc) is 2.75. The summed E-state index contributed by atoms with van der Waals surface area (Å²) in [5.41, 5.74) is 1.17. The van der Waals surface area contributed by atoms with Crippen LogP contribution in [0.25, 0.3) is 0 Å². The number of nitro groups is 1. The molecule has 1 N–H and O–H groups in total. The molecule has 0 saturated heterocycles. The van der Waals surface area contributed by atoms with Gasteiger partial charge in [0.05, 0.1) is 17.6 Å². The molecule has 0 fully saturated rings. The molecular weight excluding hydrogens is 428 g/mol. The van der Waals surface area contributed by atoms with Crippen LogP contribution in [-0.2, 0) is 21.4 Å². The van der Waals surface area contributed by atoms with E-state index < -0.39 is 26.7 Å². The van der Waals surface area contributed by atoms with E-state index in [9.17, 15) is 18.5 Å². The Bertz CT molecular complexity index is 1110. The molecule has 0 spiro atoms.